The molecule has 5 nitrogen and oxygen atoms in total. The highest BCUT2D eigenvalue weighted by Gasteiger charge is 2.35. The van der Waals surface area contributed by atoms with Gasteiger partial charge in [0.2, 0.25) is 5.91 Å². The average Bonchev–Trinajstić information content (AvgIpc) is 2.10. The summed E-state index contributed by atoms with van der Waals surface area (Å²) in [7, 11) is 0. The second kappa shape index (κ2) is 4.72. The number of hydrogen-bond donors (Lipinski definition) is 4. The van der Waals surface area contributed by atoms with Crippen molar-refractivity contribution in [2.75, 3.05) is 6.61 Å². The van der Waals surface area contributed by atoms with Crippen LogP contribution in [-0.2, 0) is 4.79 Å². The molecule has 14 heavy (non-hydrogen) atoms. The van der Waals surface area contributed by atoms with Crippen LogP contribution in [0.5, 0.6) is 0 Å². The van der Waals surface area contributed by atoms with Crippen molar-refractivity contribution in [1.82, 2.24) is 5.32 Å². The third kappa shape index (κ3) is 2.67. The SMILES string of the molecule is CC(=O)NC1C(O)CC(CO)C[C@H]1O. The van der Waals surface area contributed by atoms with E-state index in [-0.39, 0.29) is 18.4 Å². The fourth-order valence-electron chi connectivity index (χ4n) is 1.91. The summed E-state index contributed by atoms with van der Waals surface area (Å²) in [4.78, 5) is 10.8. The van der Waals surface area contributed by atoms with Crippen molar-refractivity contribution < 1.29 is 20.1 Å². The largest absolute Gasteiger partial charge is 0.396 e. The zero-order chi connectivity index (χ0) is 10.7. The van der Waals surface area contributed by atoms with Crippen LogP contribution in [0.25, 0.3) is 0 Å². The van der Waals surface area contributed by atoms with Crippen LogP contribution < -0.4 is 5.32 Å². The summed E-state index contributed by atoms with van der Waals surface area (Å²) in [5, 5.41) is 30.6. The van der Waals surface area contributed by atoms with Crippen molar-refractivity contribution >= 4 is 5.91 Å². The molecule has 0 aliphatic heterocycles. The Hall–Kier alpha value is -0.650. The van der Waals surface area contributed by atoms with Gasteiger partial charge in [0.1, 0.15) is 0 Å². The van der Waals surface area contributed by atoms with Crippen LogP contribution in [-0.4, -0.2) is 46.1 Å². The second-order valence-electron chi connectivity index (χ2n) is 3.88. The summed E-state index contributed by atoms with van der Waals surface area (Å²) in [5.74, 6) is -0.347. The van der Waals surface area contributed by atoms with E-state index in [4.69, 9.17) is 5.11 Å². The fraction of sp³-hybridized carbons (Fsp3) is 0.889. The molecule has 1 amide bonds. The minimum atomic E-state index is -0.778. The molecule has 4 N–H and O–H groups in total. The zero-order valence-electron chi connectivity index (χ0n) is 8.18. The van der Waals surface area contributed by atoms with E-state index in [0.717, 1.165) is 0 Å². The molecule has 0 aromatic rings. The first kappa shape index (κ1) is 11.4. The molecule has 1 aliphatic rings. The molecule has 3 unspecified atom stereocenters. The standard InChI is InChI=1S/C9H17NO4/c1-5(12)10-9-7(13)2-6(4-11)3-8(9)14/h6-9,11,13-14H,2-4H2,1H3,(H,10,12)/t6?,7-,8?,9?/m1/s1. The van der Waals surface area contributed by atoms with Gasteiger partial charge in [-0.1, -0.05) is 0 Å². The zero-order valence-corrected chi connectivity index (χ0v) is 8.18. The van der Waals surface area contributed by atoms with Gasteiger partial charge in [-0.2, -0.15) is 0 Å². The van der Waals surface area contributed by atoms with E-state index in [2.05, 4.69) is 5.32 Å². The summed E-state index contributed by atoms with van der Waals surface area (Å²) in [6.45, 7) is 1.30. The lowest BCUT2D eigenvalue weighted by molar-refractivity contribution is -0.123. The Labute approximate surface area is 82.7 Å². The molecule has 0 bridgehead atoms. The maximum atomic E-state index is 10.8. The van der Waals surface area contributed by atoms with E-state index in [9.17, 15) is 15.0 Å². The molecule has 1 saturated carbocycles. The topological polar surface area (TPSA) is 89.8 Å². The van der Waals surface area contributed by atoms with Gasteiger partial charge in [0.05, 0.1) is 18.2 Å². The Morgan fingerprint density at radius 1 is 1.36 bits per heavy atom. The predicted octanol–water partition coefficient (Wildman–Crippen LogP) is -1.38. The van der Waals surface area contributed by atoms with Gasteiger partial charge in [-0.15, -0.1) is 0 Å². The molecule has 1 fully saturated rings. The van der Waals surface area contributed by atoms with E-state index in [0.29, 0.717) is 12.8 Å². The van der Waals surface area contributed by atoms with Gasteiger partial charge < -0.3 is 20.6 Å². The molecule has 0 heterocycles. The highest BCUT2D eigenvalue weighted by atomic mass is 16.3. The summed E-state index contributed by atoms with van der Waals surface area (Å²) < 4.78 is 0. The highest BCUT2D eigenvalue weighted by Crippen LogP contribution is 2.24. The average molecular weight is 203 g/mol. The number of carbonyl (C=O) groups excluding carboxylic acids is 1. The number of aliphatic hydroxyl groups excluding tert-OH is 3. The Morgan fingerprint density at radius 3 is 2.21 bits per heavy atom. The maximum Gasteiger partial charge on any atom is 0.217 e. The van der Waals surface area contributed by atoms with E-state index in [1.54, 1.807) is 0 Å². The van der Waals surface area contributed by atoms with Gasteiger partial charge in [0.15, 0.2) is 0 Å². The molecular weight excluding hydrogens is 186 g/mol. The van der Waals surface area contributed by atoms with Gasteiger partial charge in [0.25, 0.3) is 0 Å². The van der Waals surface area contributed by atoms with Crippen molar-refractivity contribution in [2.45, 2.75) is 38.0 Å². The summed E-state index contributed by atoms with van der Waals surface area (Å²) >= 11 is 0. The third-order valence-electron chi connectivity index (χ3n) is 2.61. The lowest BCUT2D eigenvalue weighted by atomic mass is 9.82. The first-order valence-electron chi connectivity index (χ1n) is 4.78. The van der Waals surface area contributed by atoms with Gasteiger partial charge in [-0.3, -0.25) is 4.79 Å². The molecule has 1 aliphatic carbocycles. The monoisotopic (exact) mass is 203 g/mol. The molecule has 0 spiro atoms. The van der Waals surface area contributed by atoms with Gasteiger partial charge in [-0.25, -0.2) is 0 Å². The van der Waals surface area contributed by atoms with Crippen LogP contribution >= 0.6 is 0 Å². The number of amides is 1. The van der Waals surface area contributed by atoms with Crippen LogP contribution in [0.15, 0.2) is 0 Å². The molecule has 0 aromatic carbocycles. The molecule has 0 saturated heterocycles. The highest BCUT2D eigenvalue weighted by molar-refractivity contribution is 5.73. The first-order chi connectivity index (χ1) is 6.54. The van der Waals surface area contributed by atoms with E-state index < -0.39 is 18.2 Å². The number of aliphatic hydroxyl groups is 3. The Bertz CT molecular complexity index is 197. The molecular formula is C9H17NO4. The van der Waals surface area contributed by atoms with Crippen molar-refractivity contribution in [3.8, 4) is 0 Å². The Morgan fingerprint density at radius 2 is 1.86 bits per heavy atom. The van der Waals surface area contributed by atoms with Crippen molar-refractivity contribution in [1.29, 1.82) is 0 Å². The summed E-state index contributed by atoms with van der Waals surface area (Å²) in [5.41, 5.74) is 0. The summed E-state index contributed by atoms with van der Waals surface area (Å²) in [6.07, 6.45) is -0.726. The van der Waals surface area contributed by atoms with Gasteiger partial charge in [-0.05, 0) is 18.8 Å². The minimum absolute atomic E-state index is 0.0408. The van der Waals surface area contributed by atoms with E-state index >= 15 is 0 Å². The van der Waals surface area contributed by atoms with Gasteiger partial charge >= 0.3 is 0 Å². The van der Waals surface area contributed by atoms with Crippen molar-refractivity contribution in [2.24, 2.45) is 5.92 Å². The van der Waals surface area contributed by atoms with Crippen LogP contribution in [0.3, 0.4) is 0 Å². The minimum Gasteiger partial charge on any atom is -0.396 e. The van der Waals surface area contributed by atoms with Crippen LogP contribution in [0, 0.1) is 5.92 Å². The van der Waals surface area contributed by atoms with Crippen molar-refractivity contribution in [3.05, 3.63) is 0 Å². The molecule has 5 heteroatoms. The number of nitrogens with one attached hydrogen (secondary N) is 1. The predicted molar refractivity (Wildman–Crippen MR) is 49.4 cm³/mol. The van der Waals surface area contributed by atoms with Crippen molar-refractivity contribution in [3.63, 3.8) is 0 Å². The molecule has 0 radical (unpaired) electrons. The normalized spacial score (nSPS) is 38.0. The number of carbonyl (C=O) groups is 1. The fourth-order valence-corrected chi connectivity index (χ4v) is 1.91. The molecule has 4 atom stereocenters. The summed E-state index contributed by atoms with van der Waals surface area (Å²) in [6, 6.07) is -0.602. The molecule has 0 aromatic heterocycles. The smallest absolute Gasteiger partial charge is 0.217 e. The van der Waals surface area contributed by atoms with E-state index in [1.165, 1.54) is 6.92 Å². The Kier molecular flexibility index (Phi) is 3.86. The van der Waals surface area contributed by atoms with Gasteiger partial charge in [0, 0.05) is 13.5 Å². The van der Waals surface area contributed by atoms with Crippen LogP contribution in [0.2, 0.25) is 0 Å². The Balaban J connectivity index is 2.55. The second-order valence-corrected chi connectivity index (χ2v) is 3.88. The third-order valence-corrected chi connectivity index (χ3v) is 2.61. The molecule has 1 rings (SSSR count). The van der Waals surface area contributed by atoms with E-state index in [1.807, 2.05) is 0 Å². The lowest BCUT2D eigenvalue weighted by Crippen LogP contribution is -2.54. The van der Waals surface area contributed by atoms with Crippen LogP contribution in [0.1, 0.15) is 19.8 Å². The maximum absolute atomic E-state index is 10.8. The van der Waals surface area contributed by atoms with Crippen LogP contribution in [0.4, 0.5) is 0 Å². The molecule has 82 valence electrons. The first-order valence-corrected chi connectivity index (χ1v) is 4.78. The quantitative estimate of drug-likeness (QED) is 0.445. The number of hydrogen-bond acceptors (Lipinski definition) is 4. The lowest BCUT2D eigenvalue weighted by Gasteiger charge is -2.36. The number of rotatable bonds is 2.